The van der Waals surface area contributed by atoms with E-state index in [0.717, 1.165) is 22.6 Å². The Morgan fingerprint density at radius 1 is 1.13 bits per heavy atom. The van der Waals surface area contributed by atoms with Gasteiger partial charge in [0.2, 0.25) is 0 Å². The Balaban J connectivity index is 1.77. The Hall–Kier alpha value is -2.64. The zero-order valence-electron chi connectivity index (χ0n) is 12.6. The molecule has 2 aromatic carbocycles. The zero-order chi connectivity index (χ0) is 16.2. The van der Waals surface area contributed by atoms with Gasteiger partial charge >= 0.3 is 7.12 Å². The van der Waals surface area contributed by atoms with E-state index in [0.29, 0.717) is 12.0 Å². The largest absolute Gasteiger partial charge is 0.497 e. The molecule has 0 aliphatic heterocycles. The van der Waals surface area contributed by atoms with Crippen LogP contribution < -0.4 is 10.2 Å². The lowest BCUT2D eigenvalue weighted by Gasteiger charge is -2.04. The van der Waals surface area contributed by atoms with Crippen molar-refractivity contribution in [2.24, 2.45) is 0 Å². The second-order valence-electron chi connectivity index (χ2n) is 5.15. The summed E-state index contributed by atoms with van der Waals surface area (Å²) < 4.78 is 6.96. The molecule has 3 aromatic rings. The van der Waals surface area contributed by atoms with E-state index in [4.69, 9.17) is 14.8 Å². The number of ether oxygens (including phenoxy) is 1. The highest BCUT2D eigenvalue weighted by atomic mass is 16.5. The van der Waals surface area contributed by atoms with E-state index in [-0.39, 0.29) is 0 Å². The van der Waals surface area contributed by atoms with Crippen LogP contribution in [0.2, 0.25) is 0 Å². The summed E-state index contributed by atoms with van der Waals surface area (Å²) in [5.74, 6) is 0.806. The summed E-state index contributed by atoms with van der Waals surface area (Å²) in [7, 11) is 0.174. The van der Waals surface area contributed by atoms with Gasteiger partial charge in [0.15, 0.2) is 0 Å². The molecule has 1 aromatic heterocycles. The van der Waals surface area contributed by atoms with Gasteiger partial charge in [0.25, 0.3) is 0 Å². The third-order valence-electron chi connectivity index (χ3n) is 3.52. The lowest BCUT2D eigenvalue weighted by molar-refractivity contribution is 0.414. The fourth-order valence-electron chi connectivity index (χ4n) is 2.29. The highest BCUT2D eigenvalue weighted by Crippen LogP contribution is 2.17. The van der Waals surface area contributed by atoms with Crippen LogP contribution in [0.3, 0.4) is 0 Å². The van der Waals surface area contributed by atoms with Crippen LogP contribution >= 0.6 is 0 Å². The maximum Gasteiger partial charge on any atom is 0.488 e. The number of hydrogen-bond acceptors (Lipinski definition) is 5. The lowest BCUT2D eigenvalue weighted by Crippen LogP contribution is -2.29. The van der Waals surface area contributed by atoms with E-state index < -0.39 is 7.12 Å². The van der Waals surface area contributed by atoms with Crippen LogP contribution in [0.15, 0.2) is 54.7 Å². The molecule has 0 radical (unpaired) electrons. The lowest BCUT2D eigenvalue weighted by atomic mass is 9.80. The molecule has 0 bridgehead atoms. The predicted molar refractivity (Wildman–Crippen MR) is 87.4 cm³/mol. The summed E-state index contributed by atoms with van der Waals surface area (Å²) in [6.45, 7) is 0.595. The van der Waals surface area contributed by atoms with E-state index >= 15 is 0 Å². The second kappa shape index (κ2) is 6.64. The van der Waals surface area contributed by atoms with Gasteiger partial charge in [0, 0.05) is 5.56 Å². The van der Waals surface area contributed by atoms with Crippen LogP contribution in [0.5, 0.6) is 5.75 Å². The number of benzene rings is 2. The minimum Gasteiger partial charge on any atom is -0.497 e. The Labute approximate surface area is 134 Å². The minimum absolute atomic E-state index is 0.442. The van der Waals surface area contributed by atoms with Crippen molar-refractivity contribution in [3.8, 4) is 17.0 Å². The first kappa shape index (κ1) is 15.3. The number of hydrogen-bond donors (Lipinski definition) is 2. The van der Waals surface area contributed by atoms with Crippen molar-refractivity contribution in [1.29, 1.82) is 0 Å². The quantitative estimate of drug-likeness (QED) is 0.678. The number of aromatic nitrogens is 3. The predicted octanol–water partition coefficient (Wildman–Crippen LogP) is 0.682. The second-order valence-corrected chi connectivity index (χ2v) is 5.15. The van der Waals surface area contributed by atoms with Crippen molar-refractivity contribution >= 4 is 12.6 Å². The van der Waals surface area contributed by atoms with Gasteiger partial charge in [-0.25, -0.2) is 4.68 Å². The van der Waals surface area contributed by atoms with Gasteiger partial charge in [0.05, 0.1) is 19.9 Å². The third kappa shape index (κ3) is 3.58. The smallest absolute Gasteiger partial charge is 0.488 e. The van der Waals surface area contributed by atoms with Crippen molar-refractivity contribution in [3.05, 3.63) is 60.3 Å². The standard InChI is InChI=1S/C16H16BN3O3/c1-23-15-4-2-3-12(9-15)10-20-11-16(18-19-20)13-5-7-14(8-6-13)17(21)22/h2-9,11,21-22H,10H2,1H3. The molecule has 0 atom stereocenters. The summed E-state index contributed by atoms with van der Waals surface area (Å²) in [4.78, 5) is 0. The molecule has 23 heavy (non-hydrogen) atoms. The van der Waals surface area contributed by atoms with E-state index in [9.17, 15) is 0 Å². The van der Waals surface area contributed by atoms with Gasteiger partial charge in [-0.15, -0.1) is 5.10 Å². The maximum absolute atomic E-state index is 9.11. The van der Waals surface area contributed by atoms with Crippen LogP contribution in [0.1, 0.15) is 5.56 Å². The molecule has 2 N–H and O–H groups in total. The normalized spacial score (nSPS) is 10.6. The van der Waals surface area contributed by atoms with Crippen molar-refractivity contribution in [2.45, 2.75) is 6.54 Å². The van der Waals surface area contributed by atoms with Gasteiger partial charge in [-0.05, 0) is 23.2 Å². The van der Waals surface area contributed by atoms with Gasteiger partial charge < -0.3 is 14.8 Å². The van der Waals surface area contributed by atoms with E-state index in [1.807, 2.05) is 30.5 Å². The summed E-state index contributed by atoms with van der Waals surface area (Å²) in [5.41, 5.74) is 3.11. The fraction of sp³-hybridized carbons (Fsp3) is 0.125. The van der Waals surface area contributed by atoms with Crippen molar-refractivity contribution in [1.82, 2.24) is 15.0 Å². The molecule has 0 aliphatic rings. The molecule has 116 valence electrons. The van der Waals surface area contributed by atoms with Gasteiger partial charge in [0.1, 0.15) is 11.4 Å². The highest BCUT2D eigenvalue weighted by Gasteiger charge is 2.11. The molecule has 0 spiro atoms. The molecular formula is C16H16BN3O3. The van der Waals surface area contributed by atoms with Crippen LogP contribution in [-0.4, -0.2) is 39.3 Å². The van der Waals surface area contributed by atoms with Crippen LogP contribution in [-0.2, 0) is 6.54 Å². The molecular weight excluding hydrogens is 293 g/mol. The first-order chi connectivity index (χ1) is 11.2. The summed E-state index contributed by atoms with van der Waals surface area (Å²) >= 11 is 0. The Morgan fingerprint density at radius 2 is 1.91 bits per heavy atom. The molecule has 0 aliphatic carbocycles. The molecule has 0 unspecified atom stereocenters. The SMILES string of the molecule is COc1cccc(Cn2cc(-c3ccc(B(O)O)cc3)nn2)c1. The van der Waals surface area contributed by atoms with E-state index in [1.54, 1.807) is 36.1 Å². The fourth-order valence-corrected chi connectivity index (χ4v) is 2.29. The Bertz CT molecular complexity index is 787. The van der Waals surface area contributed by atoms with E-state index in [2.05, 4.69) is 10.3 Å². The number of methoxy groups -OCH3 is 1. The molecule has 7 heteroatoms. The summed E-state index contributed by atoms with van der Waals surface area (Å²) in [5, 5.41) is 26.5. The molecule has 6 nitrogen and oxygen atoms in total. The van der Waals surface area contributed by atoms with E-state index in [1.165, 1.54) is 0 Å². The van der Waals surface area contributed by atoms with Crippen molar-refractivity contribution < 1.29 is 14.8 Å². The minimum atomic E-state index is -1.47. The van der Waals surface area contributed by atoms with Crippen molar-refractivity contribution in [2.75, 3.05) is 7.11 Å². The Morgan fingerprint density at radius 3 is 2.61 bits per heavy atom. The average molecular weight is 309 g/mol. The highest BCUT2D eigenvalue weighted by molar-refractivity contribution is 6.58. The maximum atomic E-state index is 9.11. The molecule has 3 rings (SSSR count). The molecule has 0 saturated heterocycles. The monoisotopic (exact) mass is 309 g/mol. The van der Waals surface area contributed by atoms with Crippen LogP contribution in [0, 0.1) is 0 Å². The molecule has 0 fully saturated rings. The van der Waals surface area contributed by atoms with Gasteiger partial charge in [-0.2, -0.15) is 0 Å². The average Bonchev–Trinajstić information content (AvgIpc) is 3.03. The van der Waals surface area contributed by atoms with Crippen LogP contribution in [0.4, 0.5) is 0 Å². The zero-order valence-corrected chi connectivity index (χ0v) is 12.6. The summed E-state index contributed by atoms with van der Waals surface area (Å²) in [6, 6.07) is 14.7. The van der Waals surface area contributed by atoms with Crippen molar-refractivity contribution in [3.63, 3.8) is 0 Å². The topological polar surface area (TPSA) is 80.4 Å². The molecule has 0 saturated carbocycles. The first-order valence-corrected chi connectivity index (χ1v) is 7.15. The third-order valence-corrected chi connectivity index (χ3v) is 3.52. The van der Waals surface area contributed by atoms with Gasteiger partial charge in [-0.3, -0.25) is 0 Å². The molecule has 0 amide bonds. The summed E-state index contributed by atoms with van der Waals surface area (Å²) in [6.07, 6.45) is 1.85. The first-order valence-electron chi connectivity index (χ1n) is 7.15. The van der Waals surface area contributed by atoms with Crippen LogP contribution in [0.25, 0.3) is 11.3 Å². The molecule has 1 heterocycles. The number of rotatable bonds is 5. The Kier molecular flexibility index (Phi) is 4.41. The number of nitrogens with zero attached hydrogens (tertiary/aromatic N) is 3. The van der Waals surface area contributed by atoms with Gasteiger partial charge in [-0.1, -0.05) is 41.6 Å².